The van der Waals surface area contributed by atoms with E-state index < -0.39 is 0 Å². The fraction of sp³-hybridized carbons (Fsp3) is 0.214. The molecule has 2 aromatic rings. The second kappa shape index (κ2) is 6.72. The van der Waals surface area contributed by atoms with Crippen LogP contribution in [-0.2, 0) is 0 Å². The summed E-state index contributed by atoms with van der Waals surface area (Å²) in [6.45, 7) is 1.89. The lowest BCUT2D eigenvalue weighted by atomic mass is 10.1. The third-order valence-corrected chi connectivity index (χ3v) is 3.74. The van der Waals surface area contributed by atoms with E-state index in [1.807, 2.05) is 13.0 Å². The number of thioether (sulfide) groups is 1. The van der Waals surface area contributed by atoms with Gasteiger partial charge in [0.05, 0.1) is 17.9 Å². The molecule has 0 amide bonds. The average molecular weight is 309 g/mol. The van der Waals surface area contributed by atoms with Gasteiger partial charge in [-0.15, -0.1) is 0 Å². The summed E-state index contributed by atoms with van der Waals surface area (Å²) < 4.78 is 5.05. The molecule has 0 aliphatic heterocycles. The maximum absolute atomic E-state index is 12.1. The zero-order valence-corrected chi connectivity index (χ0v) is 12.7. The summed E-state index contributed by atoms with van der Waals surface area (Å²) in [6, 6.07) is 6.81. The molecule has 0 saturated carbocycles. The molecule has 0 unspecified atom stereocenters. The number of hydrogen-bond acceptors (Lipinski definition) is 5. The van der Waals surface area contributed by atoms with E-state index in [2.05, 4.69) is 9.97 Å². The molecule has 6 heteroatoms. The third-order valence-electron chi connectivity index (χ3n) is 2.58. The summed E-state index contributed by atoms with van der Waals surface area (Å²) in [7, 11) is 1.54. The molecule has 2 rings (SSSR count). The van der Waals surface area contributed by atoms with Crippen LogP contribution < -0.4 is 4.74 Å². The van der Waals surface area contributed by atoms with Crippen molar-refractivity contribution in [3.8, 4) is 5.75 Å². The van der Waals surface area contributed by atoms with Crippen LogP contribution in [-0.4, -0.2) is 28.6 Å². The van der Waals surface area contributed by atoms with Crippen molar-refractivity contribution >= 4 is 29.1 Å². The van der Waals surface area contributed by atoms with Crippen molar-refractivity contribution in [1.29, 1.82) is 0 Å². The lowest BCUT2D eigenvalue weighted by Gasteiger charge is -2.05. The smallest absolute Gasteiger partial charge is 0.188 e. The monoisotopic (exact) mass is 308 g/mol. The van der Waals surface area contributed by atoms with E-state index in [1.54, 1.807) is 24.4 Å². The third kappa shape index (κ3) is 3.71. The molecule has 0 radical (unpaired) electrons. The predicted octanol–water partition coefficient (Wildman–Crippen LogP) is 3.42. The van der Waals surface area contributed by atoms with Crippen LogP contribution in [0.4, 0.5) is 0 Å². The first-order valence-corrected chi connectivity index (χ1v) is 7.25. The number of benzene rings is 1. The minimum absolute atomic E-state index is 0.0235. The lowest BCUT2D eigenvalue weighted by molar-refractivity contribution is 0.102. The van der Waals surface area contributed by atoms with E-state index in [0.717, 1.165) is 5.69 Å². The number of methoxy groups -OCH3 is 1. The molecule has 0 aliphatic rings. The Bertz CT molecular complexity index is 634. The summed E-state index contributed by atoms with van der Waals surface area (Å²) in [5.74, 6) is 0.800. The Morgan fingerprint density at radius 3 is 2.85 bits per heavy atom. The van der Waals surface area contributed by atoms with Crippen molar-refractivity contribution in [2.75, 3.05) is 12.9 Å². The molecule has 1 aromatic heterocycles. The molecule has 0 fully saturated rings. The Morgan fingerprint density at radius 1 is 1.40 bits per heavy atom. The molecule has 0 spiro atoms. The van der Waals surface area contributed by atoms with Crippen molar-refractivity contribution < 1.29 is 9.53 Å². The fourth-order valence-electron chi connectivity index (χ4n) is 1.55. The van der Waals surface area contributed by atoms with Gasteiger partial charge in [-0.1, -0.05) is 23.4 Å². The van der Waals surface area contributed by atoms with Gasteiger partial charge in [-0.05, 0) is 31.2 Å². The maximum atomic E-state index is 12.1. The number of ketones is 1. The van der Waals surface area contributed by atoms with Crippen molar-refractivity contribution in [3.05, 3.63) is 46.7 Å². The van der Waals surface area contributed by atoms with Gasteiger partial charge in [-0.25, -0.2) is 9.97 Å². The number of carbonyl (C=O) groups is 1. The number of halogens is 1. The fourth-order valence-corrected chi connectivity index (χ4v) is 2.58. The molecule has 0 N–H and O–H groups in total. The van der Waals surface area contributed by atoms with Crippen LogP contribution in [0.15, 0.2) is 35.6 Å². The van der Waals surface area contributed by atoms with Crippen molar-refractivity contribution in [3.63, 3.8) is 0 Å². The summed E-state index contributed by atoms with van der Waals surface area (Å²) >= 11 is 7.31. The summed E-state index contributed by atoms with van der Waals surface area (Å²) in [5, 5.41) is 1.02. The van der Waals surface area contributed by atoms with Crippen LogP contribution in [0.5, 0.6) is 5.75 Å². The van der Waals surface area contributed by atoms with E-state index >= 15 is 0 Å². The van der Waals surface area contributed by atoms with Crippen LogP contribution in [0.3, 0.4) is 0 Å². The number of aromatic nitrogens is 2. The van der Waals surface area contributed by atoms with Gasteiger partial charge in [-0.2, -0.15) is 0 Å². The Morgan fingerprint density at radius 2 is 2.20 bits per heavy atom. The van der Waals surface area contributed by atoms with Crippen molar-refractivity contribution in [2.24, 2.45) is 0 Å². The van der Waals surface area contributed by atoms with Crippen LogP contribution in [0.1, 0.15) is 16.1 Å². The topological polar surface area (TPSA) is 52.1 Å². The Hall–Kier alpha value is -1.59. The van der Waals surface area contributed by atoms with Gasteiger partial charge in [0.2, 0.25) is 0 Å². The van der Waals surface area contributed by atoms with Gasteiger partial charge in [0.1, 0.15) is 5.75 Å². The number of rotatable bonds is 5. The molecular formula is C14H13ClN2O2S. The molecule has 1 heterocycles. The first-order chi connectivity index (χ1) is 9.60. The Labute approximate surface area is 126 Å². The van der Waals surface area contributed by atoms with Crippen molar-refractivity contribution in [1.82, 2.24) is 9.97 Å². The summed E-state index contributed by atoms with van der Waals surface area (Å²) in [6.07, 6.45) is 1.68. The SMILES string of the molecule is COc1ccc(C(=O)CSc2nccc(C)n2)cc1Cl. The molecular weight excluding hydrogens is 296 g/mol. The predicted molar refractivity (Wildman–Crippen MR) is 79.8 cm³/mol. The number of nitrogens with zero attached hydrogens (tertiary/aromatic N) is 2. The molecule has 1 aromatic carbocycles. The standard InChI is InChI=1S/C14H13ClN2O2S/c1-9-5-6-16-14(17-9)20-8-12(18)10-3-4-13(19-2)11(15)7-10/h3-7H,8H2,1-2H3. The molecule has 0 aliphatic carbocycles. The van der Waals surface area contributed by atoms with Gasteiger partial charge < -0.3 is 4.74 Å². The zero-order chi connectivity index (χ0) is 14.5. The van der Waals surface area contributed by atoms with Gasteiger partial charge in [0.15, 0.2) is 10.9 Å². The van der Waals surface area contributed by atoms with E-state index in [1.165, 1.54) is 18.9 Å². The molecule has 4 nitrogen and oxygen atoms in total. The van der Waals surface area contributed by atoms with Gasteiger partial charge in [-0.3, -0.25) is 4.79 Å². The van der Waals surface area contributed by atoms with E-state index in [4.69, 9.17) is 16.3 Å². The molecule has 0 saturated heterocycles. The van der Waals surface area contributed by atoms with Gasteiger partial charge in [0, 0.05) is 17.5 Å². The maximum Gasteiger partial charge on any atom is 0.188 e. The van der Waals surface area contributed by atoms with E-state index in [0.29, 0.717) is 21.5 Å². The number of Topliss-reactive ketones (excluding diaryl/α,β-unsaturated/α-hetero) is 1. The highest BCUT2D eigenvalue weighted by Crippen LogP contribution is 2.26. The van der Waals surface area contributed by atoms with E-state index in [-0.39, 0.29) is 11.5 Å². The van der Waals surface area contributed by atoms with Crippen LogP contribution >= 0.6 is 23.4 Å². The number of ether oxygens (including phenoxy) is 1. The first kappa shape index (κ1) is 14.8. The minimum atomic E-state index is -0.0235. The number of hydrogen-bond donors (Lipinski definition) is 0. The molecule has 104 valence electrons. The second-order valence-corrected chi connectivity index (χ2v) is 5.39. The van der Waals surface area contributed by atoms with Crippen LogP contribution in [0.25, 0.3) is 0 Å². The quantitative estimate of drug-likeness (QED) is 0.481. The minimum Gasteiger partial charge on any atom is -0.495 e. The highest BCUT2D eigenvalue weighted by Gasteiger charge is 2.10. The molecule has 0 bridgehead atoms. The van der Waals surface area contributed by atoms with Crippen LogP contribution in [0.2, 0.25) is 5.02 Å². The first-order valence-electron chi connectivity index (χ1n) is 5.89. The average Bonchev–Trinajstić information content (AvgIpc) is 2.44. The highest BCUT2D eigenvalue weighted by molar-refractivity contribution is 7.99. The zero-order valence-electron chi connectivity index (χ0n) is 11.1. The number of aryl methyl sites for hydroxylation is 1. The van der Waals surface area contributed by atoms with E-state index in [9.17, 15) is 4.79 Å². The molecule has 0 atom stereocenters. The summed E-state index contributed by atoms with van der Waals surface area (Å²) in [5.41, 5.74) is 1.43. The largest absolute Gasteiger partial charge is 0.495 e. The van der Waals surface area contributed by atoms with Gasteiger partial charge in [0.25, 0.3) is 0 Å². The summed E-state index contributed by atoms with van der Waals surface area (Å²) in [4.78, 5) is 20.4. The van der Waals surface area contributed by atoms with Gasteiger partial charge >= 0.3 is 0 Å². The van der Waals surface area contributed by atoms with Crippen molar-refractivity contribution in [2.45, 2.75) is 12.1 Å². The normalized spacial score (nSPS) is 10.3. The highest BCUT2D eigenvalue weighted by atomic mass is 35.5. The Kier molecular flexibility index (Phi) is 4.98. The van der Waals surface area contributed by atoms with Crippen LogP contribution in [0, 0.1) is 6.92 Å². The second-order valence-electron chi connectivity index (χ2n) is 4.04. The molecule has 20 heavy (non-hydrogen) atoms. The Balaban J connectivity index is 2.03. The number of carbonyl (C=O) groups excluding carboxylic acids is 1. The lowest BCUT2D eigenvalue weighted by Crippen LogP contribution is -2.03.